The molecule has 1 aromatic heterocycles. The number of aromatic carboxylic acids is 1. The number of fused-ring (bicyclic) bond motifs is 1. The molecule has 0 radical (unpaired) electrons. The molecule has 110 valence electrons. The number of aryl methyl sites for hydroxylation is 2. The normalized spacial score (nSPS) is 16.0. The standard InChI is InChI=1S/C18H20O3/c1-11-8-12-6-7-18(2,3)15(12)10-13(11)9-14-4-5-16(21-14)17(19)20/h4-5,8,10H,6-7,9H2,1-3H3,(H,19,20). The molecule has 1 N–H and O–H groups in total. The molecular formula is C18H20O3. The van der Waals surface area contributed by atoms with Crippen molar-refractivity contribution in [1.82, 2.24) is 0 Å². The maximum atomic E-state index is 10.9. The highest BCUT2D eigenvalue weighted by Gasteiger charge is 2.30. The summed E-state index contributed by atoms with van der Waals surface area (Å²) in [6, 6.07) is 7.83. The number of carboxylic acids is 1. The van der Waals surface area contributed by atoms with E-state index in [0.29, 0.717) is 12.2 Å². The first-order chi connectivity index (χ1) is 9.87. The number of carboxylic acid groups (broad SMARTS) is 1. The van der Waals surface area contributed by atoms with Crippen LogP contribution in [0.4, 0.5) is 0 Å². The van der Waals surface area contributed by atoms with Gasteiger partial charge < -0.3 is 9.52 Å². The van der Waals surface area contributed by atoms with E-state index in [0.717, 1.165) is 6.42 Å². The number of carbonyl (C=O) groups is 1. The topological polar surface area (TPSA) is 50.4 Å². The molecule has 0 saturated heterocycles. The summed E-state index contributed by atoms with van der Waals surface area (Å²) in [4.78, 5) is 10.9. The van der Waals surface area contributed by atoms with Crippen molar-refractivity contribution >= 4 is 5.97 Å². The van der Waals surface area contributed by atoms with Crippen LogP contribution in [0.5, 0.6) is 0 Å². The van der Waals surface area contributed by atoms with Gasteiger partial charge in [-0.3, -0.25) is 0 Å². The third kappa shape index (κ3) is 2.48. The van der Waals surface area contributed by atoms with Gasteiger partial charge in [0, 0.05) is 6.42 Å². The van der Waals surface area contributed by atoms with Crippen molar-refractivity contribution in [3.8, 4) is 0 Å². The predicted octanol–water partition coefficient (Wildman–Crippen LogP) is 4.10. The predicted molar refractivity (Wildman–Crippen MR) is 81.0 cm³/mol. The molecule has 21 heavy (non-hydrogen) atoms. The zero-order valence-electron chi connectivity index (χ0n) is 12.7. The third-order valence-corrected chi connectivity index (χ3v) is 4.55. The Labute approximate surface area is 124 Å². The fraction of sp³-hybridized carbons (Fsp3) is 0.389. The first kappa shape index (κ1) is 13.9. The van der Waals surface area contributed by atoms with Gasteiger partial charge in [-0.05, 0) is 59.6 Å². The second-order valence-electron chi connectivity index (χ2n) is 6.57. The molecular weight excluding hydrogens is 264 g/mol. The molecule has 1 heterocycles. The molecule has 0 atom stereocenters. The van der Waals surface area contributed by atoms with Gasteiger partial charge in [-0.15, -0.1) is 0 Å². The maximum Gasteiger partial charge on any atom is 0.371 e. The smallest absolute Gasteiger partial charge is 0.371 e. The maximum absolute atomic E-state index is 10.9. The van der Waals surface area contributed by atoms with Crippen LogP contribution in [0, 0.1) is 6.92 Å². The Kier molecular flexibility index (Phi) is 3.16. The van der Waals surface area contributed by atoms with Crippen molar-refractivity contribution in [3.63, 3.8) is 0 Å². The Morgan fingerprint density at radius 3 is 2.76 bits per heavy atom. The van der Waals surface area contributed by atoms with Crippen LogP contribution in [0.1, 0.15) is 58.8 Å². The second kappa shape index (κ2) is 4.76. The van der Waals surface area contributed by atoms with Crippen LogP contribution in [0.25, 0.3) is 0 Å². The monoisotopic (exact) mass is 284 g/mol. The van der Waals surface area contributed by atoms with Crippen molar-refractivity contribution < 1.29 is 14.3 Å². The zero-order chi connectivity index (χ0) is 15.2. The molecule has 0 amide bonds. The molecule has 0 spiro atoms. The lowest BCUT2D eigenvalue weighted by molar-refractivity contribution is 0.0660. The second-order valence-corrected chi connectivity index (χ2v) is 6.57. The fourth-order valence-corrected chi connectivity index (χ4v) is 3.20. The summed E-state index contributed by atoms with van der Waals surface area (Å²) in [6.07, 6.45) is 2.98. The molecule has 1 aromatic carbocycles. The van der Waals surface area contributed by atoms with Gasteiger partial charge in [0.05, 0.1) is 0 Å². The average molecular weight is 284 g/mol. The Morgan fingerprint density at radius 2 is 2.10 bits per heavy atom. The van der Waals surface area contributed by atoms with Gasteiger partial charge in [-0.25, -0.2) is 4.79 Å². The molecule has 0 bridgehead atoms. The van der Waals surface area contributed by atoms with E-state index in [1.54, 1.807) is 6.07 Å². The summed E-state index contributed by atoms with van der Waals surface area (Å²) in [6.45, 7) is 6.68. The number of benzene rings is 1. The number of rotatable bonds is 3. The van der Waals surface area contributed by atoms with E-state index in [1.165, 1.54) is 34.7 Å². The number of hydrogen-bond donors (Lipinski definition) is 1. The number of hydrogen-bond acceptors (Lipinski definition) is 2. The van der Waals surface area contributed by atoms with Crippen LogP contribution >= 0.6 is 0 Å². The van der Waals surface area contributed by atoms with E-state index in [4.69, 9.17) is 9.52 Å². The van der Waals surface area contributed by atoms with Crippen LogP contribution in [0.3, 0.4) is 0 Å². The first-order valence-corrected chi connectivity index (χ1v) is 7.32. The quantitative estimate of drug-likeness (QED) is 0.923. The number of furan rings is 1. The highest BCUT2D eigenvalue weighted by molar-refractivity contribution is 5.84. The van der Waals surface area contributed by atoms with E-state index >= 15 is 0 Å². The largest absolute Gasteiger partial charge is 0.475 e. The third-order valence-electron chi connectivity index (χ3n) is 4.55. The van der Waals surface area contributed by atoms with Crippen molar-refractivity contribution in [2.75, 3.05) is 0 Å². The van der Waals surface area contributed by atoms with Crippen LogP contribution < -0.4 is 0 Å². The summed E-state index contributed by atoms with van der Waals surface area (Å²) in [5, 5.41) is 8.92. The average Bonchev–Trinajstić information content (AvgIpc) is 2.97. The van der Waals surface area contributed by atoms with Crippen molar-refractivity contribution in [2.45, 2.75) is 45.4 Å². The summed E-state index contributed by atoms with van der Waals surface area (Å²) in [5.41, 5.74) is 5.57. The molecule has 1 aliphatic carbocycles. The lowest BCUT2D eigenvalue weighted by Crippen LogP contribution is -2.12. The highest BCUT2D eigenvalue weighted by Crippen LogP contribution is 2.39. The van der Waals surface area contributed by atoms with Gasteiger partial charge in [-0.1, -0.05) is 26.0 Å². The van der Waals surface area contributed by atoms with Crippen LogP contribution in [0.15, 0.2) is 28.7 Å². The highest BCUT2D eigenvalue weighted by atomic mass is 16.4. The van der Waals surface area contributed by atoms with Gasteiger partial charge in [0.1, 0.15) is 5.76 Å². The summed E-state index contributed by atoms with van der Waals surface area (Å²) < 4.78 is 5.38. The van der Waals surface area contributed by atoms with Crippen molar-refractivity contribution in [2.24, 2.45) is 0 Å². The summed E-state index contributed by atoms with van der Waals surface area (Å²) in [5.74, 6) is -0.316. The van der Waals surface area contributed by atoms with E-state index in [-0.39, 0.29) is 11.2 Å². The summed E-state index contributed by atoms with van der Waals surface area (Å²) >= 11 is 0. The minimum atomic E-state index is -1.02. The lowest BCUT2D eigenvalue weighted by Gasteiger charge is -2.20. The van der Waals surface area contributed by atoms with Crippen LogP contribution in [-0.2, 0) is 18.3 Å². The Morgan fingerprint density at radius 1 is 1.33 bits per heavy atom. The molecule has 0 fully saturated rings. The Bertz CT molecular complexity index is 707. The Balaban J connectivity index is 1.94. The van der Waals surface area contributed by atoms with E-state index in [1.807, 2.05) is 0 Å². The molecule has 0 unspecified atom stereocenters. The fourth-order valence-electron chi connectivity index (χ4n) is 3.20. The zero-order valence-corrected chi connectivity index (χ0v) is 12.7. The van der Waals surface area contributed by atoms with Gasteiger partial charge in [-0.2, -0.15) is 0 Å². The lowest BCUT2D eigenvalue weighted by atomic mass is 9.84. The minimum absolute atomic E-state index is 0.00384. The first-order valence-electron chi connectivity index (χ1n) is 7.32. The molecule has 2 aromatic rings. The molecule has 3 rings (SSSR count). The molecule has 3 nitrogen and oxygen atoms in total. The van der Waals surface area contributed by atoms with Gasteiger partial charge >= 0.3 is 5.97 Å². The van der Waals surface area contributed by atoms with E-state index < -0.39 is 5.97 Å². The van der Waals surface area contributed by atoms with Crippen molar-refractivity contribution in [1.29, 1.82) is 0 Å². The van der Waals surface area contributed by atoms with E-state index in [2.05, 4.69) is 32.9 Å². The molecule has 3 heteroatoms. The van der Waals surface area contributed by atoms with E-state index in [9.17, 15) is 4.79 Å². The van der Waals surface area contributed by atoms with Crippen LogP contribution in [0.2, 0.25) is 0 Å². The molecule has 1 aliphatic rings. The van der Waals surface area contributed by atoms with Gasteiger partial charge in [0.25, 0.3) is 0 Å². The molecule has 0 saturated carbocycles. The Hall–Kier alpha value is -2.03. The van der Waals surface area contributed by atoms with Gasteiger partial charge in [0.2, 0.25) is 5.76 Å². The van der Waals surface area contributed by atoms with Gasteiger partial charge in [0.15, 0.2) is 0 Å². The molecule has 0 aliphatic heterocycles. The SMILES string of the molecule is Cc1cc2c(cc1Cc1ccc(C(=O)O)o1)C(C)(C)CC2. The summed E-state index contributed by atoms with van der Waals surface area (Å²) in [7, 11) is 0. The van der Waals surface area contributed by atoms with Crippen LogP contribution in [-0.4, -0.2) is 11.1 Å². The minimum Gasteiger partial charge on any atom is -0.475 e. The van der Waals surface area contributed by atoms with Crippen molar-refractivity contribution in [3.05, 3.63) is 58.0 Å².